The summed E-state index contributed by atoms with van der Waals surface area (Å²) in [7, 11) is 0. The van der Waals surface area contributed by atoms with E-state index in [1.165, 1.54) is 18.2 Å². The summed E-state index contributed by atoms with van der Waals surface area (Å²) < 4.78 is 13.3. The maximum absolute atomic E-state index is 13.3. The van der Waals surface area contributed by atoms with Gasteiger partial charge < -0.3 is 10.4 Å². The highest BCUT2D eigenvalue weighted by Crippen LogP contribution is 2.23. The van der Waals surface area contributed by atoms with Gasteiger partial charge in [0.2, 0.25) is 0 Å². The summed E-state index contributed by atoms with van der Waals surface area (Å²) in [4.78, 5) is 15.6. The molecule has 0 radical (unpaired) electrons. The normalized spacial score (nSPS) is 10.7. The fraction of sp³-hybridized carbons (Fsp3) is 0.250. The Kier molecular flexibility index (Phi) is 4.21. The van der Waals surface area contributed by atoms with Crippen molar-refractivity contribution in [1.82, 2.24) is 4.98 Å². The lowest BCUT2D eigenvalue weighted by Crippen LogP contribution is -2.05. The zero-order valence-electron chi connectivity index (χ0n) is 12.1. The second kappa shape index (κ2) is 5.91. The van der Waals surface area contributed by atoms with E-state index in [0.29, 0.717) is 17.2 Å². The highest BCUT2D eigenvalue weighted by molar-refractivity contribution is 5.89. The molecule has 0 aliphatic rings. The first kappa shape index (κ1) is 15.0. The van der Waals surface area contributed by atoms with Gasteiger partial charge in [-0.05, 0) is 42.7 Å². The highest BCUT2D eigenvalue weighted by Gasteiger charge is 2.11. The van der Waals surface area contributed by atoms with Crippen LogP contribution in [-0.2, 0) is 0 Å². The Morgan fingerprint density at radius 3 is 2.62 bits per heavy atom. The van der Waals surface area contributed by atoms with Crippen molar-refractivity contribution in [1.29, 1.82) is 0 Å². The van der Waals surface area contributed by atoms with Crippen molar-refractivity contribution in [3.05, 3.63) is 53.0 Å². The van der Waals surface area contributed by atoms with E-state index in [2.05, 4.69) is 10.3 Å². The molecule has 2 N–H and O–H groups in total. The number of nitrogens with zero attached hydrogens (tertiary/aromatic N) is 1. The van der Waals surface area contributed by atoms with Crippen molar-refractivity contribution in [3.63, 3.8) is 0 Å². The van der Waals surface area contributed by atoms with Crippen molar-refractivity contribution in [2.45, 2.75) is 26.7 Å². The minimum atomic E-state index is -1.02. The Balaban J connectivity index is 2.43. The Labute approximate surface area is 122 Å². The molecular formula is C16H17FN2O2. The molecule has 0 aliphatic heterocycles. The largest absolute Gasteiger partial charge is 0.478 e. The molecule has 5 heteroatoms. The monoisotopic (exact) mass is 288 g/mol. The third-order valence-electron chi connectivity index (χ3n) is 3.15. The lowest BCUT2D eigenvalue weighted by atomic mass is 10.1. The number of nitrogens with one attached hydrogen (secondary N) is 1. The lowest BCUT2D eigenvalue weighted by molar-refractivity contribution is 0.0696. The Morgan fingerprint density at radius 2 is 2.00 bits per heavy atom. The second-order valence-electron chi connectivity index (χ2n) is 5.21. The lowest BCUT2D eigenvalue weighted by Gasteiger charge is -2.13. The number of rotatable bonds is 4. The predicted octanol–water partition coefficient (Wildman–Crippen LogP) is 4.09. The van der Waals surface area contributed by atoms with Crippen molar-refractivity contribution in [3.8, 4) is 0 Å². The number of aromatic carboxylic acids is 1. The fourth-order valence-corrected chi connectivity index (χ4v) is 1.90. The molecule has 0 spiro atoms. The third kappa shape index (κ3) is 3.56. The van der Waals surface area contributed by atoms with Gasteiger partial charge in [-0.3, -0.25) is 0 Å². The SMILES string of the molecule is Cc1ccc(F)cc1Nc1cc(C(=O)O)cc(C(C)C)n1. The van der Waals surface area contributed by atoms with Gasteiger partial charge in [0.25, 0.3) is 0 Å². The minimum absolute atomic E-state index is 0.0958. The first-order chi connectivity index (χ1) is 9.86. The summed E-state index contributed by atoms with van der Waals surface area (Å²) >= 11 is 0. The van der Waals surface area contributed by atoms with Crippen LogP contribution in [0.25, 0.3) is 0 Å². The second-order valence-corrected chi connectivity index (χ2v) is 5.21. The zero-order valence-corrected chi connectivity index (χ0v) is 12.1. The van der Waals surface area contributed by atoms with Gasteiger partial charge in [0.15, 0.2) is 0 Å². The first-order valence-corrected chi connectivity index (χ1v) is 6.65. The number of aryl methyl sites for hydroxylation is 1. The molecular weight excluding hydrogens is 271 g/mol. The van der Waals surface area contributed by atoms with Gasteiger partial charge in [-0.2, -0.15) is 0 Å². The summed E-state index contributed by atoms with van der Waals surface area (Å²) in [6.07, 6.45) is 0. The number of aromatic nitrogens is 1. The number of pyridine rings is 1. The third-order valence-corrected chi connectivity index (χ3v) is 3.15. The summed E-state index contributed by atoms with van der Waals surface area (Å²) in [5.74, 6) is -0.884. The minimum Gasteiger partial charge on any atom is -0.478 e. The molecule has 2 rings (SSSR count). The first-order valence-electron chi connectivity index (χ1n) is 6.65. The number of carboxylic acid groups (broad SMARTS) is 1. The highest BCUT2D eigenvalue weighted by atomic mass is 19.1. The van der Waals surface area contributed by atoms with Crippen LogP contribution in [0, 0.1) is 12.7 Å². The van der Waals surface area contributed by atoms with E-state index in [4.69, 9.17) is 5.11 Å². The van der Waals surface area contributed by atoms with Crippen LogP contribution in [0.2, 0.25) is 0 Å². The van der Waals surface area contributed by atoms with E-state index in [-0.39, 0.29) is 17.3 Å². The van der Waals surface area contributed by atoms with E-state index >= 15 is 0 Å². The van der Waals surface area contributed by atoms with Gasteiger partial charge in [-0.1, -0.05) is 19.9 Å². The van der Waals surface area contributed by atoms with Gasteiger partial charge in [-0.25, -0.2) is 14.2 Å². The molecule has 4 nitrogen and oxygen atoms in total. The Bertz CT molecular complexity index is 684. The average molecular weight is 288 g/mol. The molecule has 1 heterocycles. The van der Waals surface area contributed by atoms with Gasteiger partial charge in [0.05, 0.1) is 5.56 Å². The number of carboxylic acids is 1. The number of benzene rings is 1. The summed E-state index contributed by atoms with van der Waals surface area (Å²) in [6, 6.07) is 7.39. The molecule has 1 aromatic carbocycles. The van der Waals surface area contributed by atoms with Crippen LogP contribution in [0.5, 0.6) is 0 Å². The van der Waals surface area contributed by atoms with Gasteiger partial charge in [0, 0.05) is 11.4 Å². The van der Waals surface area contributed by atoms with Crippen LogP contribution < -0.4 is 5.32 Å². The number of anilines is 2. The molecule has 0 saturated carbocycles. The van der Waals surface area contributed by atoms with Crippen molar-refractivity contribution < 1.29 is 14.3 Å². The number of halogens is 1. The van der Waals surface area contributed by atoms with Gasteiger partial charge in [0.1, 0.15) is 11.6 Å². The number of hydrogen-bond donors (Lipinski definition) is 2. The van der Waals surface area contributed by atoms with E-state index in [1.807, 2.05) is 20.8 Å². The standard InChI is InChI=1S/C16H17FN2O2/c1-9(2)13-6-11(16(20)21)7-15(18-13)19-14-8-12(17)5-4-10(14)3/h4-9H,1-3H3,(H,18,19)(H,20,21). The van der Waals surface area contributed by atoms with Crippen LogP contribution in [0.3, 0.4) is 0 Å². The molecule has 2 aromatic rings. The van der Waals surface area contributed by atoms with E-state index in [0.717, 1.165) is 5.56 Å². The summed E-state index contributed by atoms with van der Waals surface area (Å²) in [5, 5.41) is 12.2. The number of hydrogen-bond acceptors (Lipinski definition) is 3. The smallest absolute Gasteiger partial charge is 0.335 e. The zero-order chi connectivity index (χ0) is 15.6. The molecule has 0 aliphatic carbocycles. The fourth-order valence-electron chi connectivity index (χ4n) is 1.90. The van der Waals surface area contributed by atoms with Crippen molar-refractivity contribution in [2.75, 3.05) is 5.32 Å². The van der Waals surface area contributed by atoms with E-state index in [9.17, 15) is 9.18 Å². The molecule has 0 fully saturated rings. The summed E-state index contributed by atoms with van der Waals surface area (Å²) in [6.45, 7) is 5.71. The molecule has 0 atom stereocenters. The summed E-state index contributed by atoms with van der Waals surface area (Å²) in [5.41, 5.74) is 2.25. The Hall–Kier alpha value is -2.43. The van der Waals surface area contributed by atoms with Crippen molar-refractivity contribution in [2.24, 2.45) is 0 Å². The van der Waals surface area contributed by atoms with E-state index in [1.54, 1.807) is 12.1 Å². The molecule has 21 heavy (non-hydrogen) atoms. The molecule has 1 aromatic heterocycles. The predicted molar refractivity (Wildman–Crippen MR) is 79.7 cm³/mol. The van der Waals surface area contributed by atoms with Gasteiger partial charge >= 0.3 is 5.97 Å². The van der Waals surface area contributed by atoms with Crippen LogP contribution in [0.1, 0.15) is 41.4 Å². The Morgan fingerprint density at radius 1 is 1.29 bits per heavy atom. The van der Waals surface area contributed by atoms with E-state index < -0.39 is 5.97 Å². The van der Waals surface area contributed by atoms with Gasteiger partial charge in [-0.15, -0.1) is 0 Å². The molecule has 0 bridgehead atoms. The average Bonchev–Trinajstić information content (AvgIpc) is 2.42. The topological polar surface area (TPSA) is 62.2 Å². The molecule has 0 unspecified atom stereocenters. The van der Waals surface area contributed by atoms with Crippen LogP contribution in [0.15, 0.2) is 30.3 Å². The van der Waals surface area contributed by atoms with Crippen LogP contribution in [0.4, 0.5) is 15.9 Å². The molecule has 110 valence electrons. The van der Waals surface area contributed by atoms with Crippen molar-refractivity contribution >= 4 is 17.5 Å². The molecule has 0 saturated heterocycles. The number of carbonyl (C=O) groups is 1. The van der Waals surface area contributed by atoms with Crippen LogP contribution in [-0.4, -0.2) is 16.1 Å². The van der Waals surface area contributed by atoms with Crippen LogP contribution >= 0.6 is 0 Å². The maximum Gasteiger partial charge on any atom is 0.335 e. The molecule has 0 amide bonds. The quantitative estimate of drug-likeness (QED) is 0.889. The maximum atomic E-state index is 13.3.